The number of hydrogen-bond donors (Lipinski definition) is 0. The van der Waals surface area contributed by atoms with Crippen molar-refractivity contribution in [3.8, 4) is 11.3 Å². The molecule has 0 aliphatic heterocycles. The molecule has 1 aliphatic rings. The van der Waals surface area contributed by atoms with Gasteiger partial charge in [-0.3, -0.25) is 4.40 Å². The molecule has 0 bridgehead atoms. The summed E-state index contributed by atoms with van der Waals surface area (Å²) in [6.45, 7) is 4.22. The van der Waals surface area contributed by atoms with Gasteiger partial charge in [0.25, 0.3) is 0 Å². The minimum absolute atomic E-state index is 0.318. The number of hydrogen-bond acceptors (Lipinski definition) is 3. The molecule has 0 atom stereocenters. The fraction of sp³-hybridized carbons (Fsp3) is 0.259. The van der Waals surface area contributed by atoms with E-state index in [0.717, 1.165) is 46.3 Å². The molecular weight excluding hydrogens is 384 g/mol. The van der Waals surface area contributed by atoms with Crippen molar-refractivity contribution in [1.29, 1.82) is 0 Å². The van der Waals surface area contributed by atoms with Gasteiger partial charge in [0.05, 0.1) is 23.5 Å². The molecular formula is C27H26N2O2. The number of ether oxygens (including phenoxy) is 1. The average molecular weight is 411 g/mol. The van der Waals surface area contributed by atoms with Crippen molar-refractivity contribution in [2.24, 2.45) is 0 Å². The second kappa shape index (κ2) is 8.03. The van der Waals surface area contributed by atoms with E-state index in [1.807, 2.05) is 32.0 Å². The summed E-state index contributed by atoms with van der Waals surface area (Å²) in [4.78, 5) is 18.1. The van der Waals surface area contributed by atoms with Gasteiger partial charge in [-0.15, -0.1) is 0 Å². The Labute approximate surface area is 182 Å². The number of carbonyl (C=O) groups is 1. The highest BCUT2D eigenvalue weighted by molar-refractivity contribution is 6.11. The molecule has 1 aliphatic carbocycles. The molecule has 0 amide bonds. The van der Waals surface area contributed by atoms with Crippen molar-refractivity contribution in [2.45, 2.75) is 39.5 Å². The van der Waals surface area contributed by atoms with Gasteiger partial charge in [-0.1, -0.05) is 48.0 Å². The van der Waals surface area contributed by atoms with Crippen LogP contribution < -0.4 is 0 Å². The summed E-state index contributed by atoms with van der Waals surface area (Å²) in [5, 5.41) is 0.897. The van der Waals surface area contributed by atoms with E-state index in [0.29, 0.717) is 17.8 Å². The average Bonchev–Trinajstić information content (AvgIpc) is 3.13. The number of aromatic nitrogens is 2. The molecule has 4 aromatic rings. The quantitative estimate of drug-likeness (QED) is 0.356. The molecule has 2 aromatic heterocycles. The smallest absolute Gasteiger partial charge is 0.342 e. The summed E-state index contributed by atoms with van der Waals surface area (Å²) in [6, 6.07) is 18.6. The molecule has 2 aromatic carbocycles. The van der Waals surface area contributed by atoms with Crippen molar-refractivity contribution in [2.75, 3.05) is 6.61 Å². The Morgan fingerprint density at radius 3 is 2.68 bits per heavy atom. The molecule has 0 spiro atoms. The number of aryl methyl sites for hydroxylation is 1. The van der Waals surface area contributed by atoms with Crippen LogP contribution in [0.15, 0.2) is 60.7 Å². The fourth-order valence-corrected chi connectivity index (χ4v) is 4.55. The molecule has 0 unspecified atom stereocenters. The summed E-state index contributed by atoms with van der Waals surface area (Å²) < 4.78 is 7.62. The first-order valence-electron chi connectivity index (χ1n) is 11.0. The van der Waals surface area contributed by atoms with Gasteiger partial charge in [-0.25, -0.2) is 9.78 Å². The van der Waals surface area contributed by atoms with Crippen LogP contribution in [0, 0.1) is 6.92 Å². The van der Waals surface area contributed by atoms with Crippen LogP contribution in [0.5, 0.6) is 0 Å². The maximum absolute atomic E-state index is 13.1. The zero-order valence-electron chi connectivity index (χ0n) is 18.0. The number of nitrogens with zero attached hydrogens (tertiary/aromatic N) is 2. The molecule has 4 heteroatoms. The molecule has 0 saturated heterocycles. The Kier molecular flexibility index (Phi) is 5.06. The van der Waals surface area contributed by atoms with E-state index in [9.17, 15) is 4.79 Å². The monoisotopic (exact) mass is 410 g/mol. The topological polar surface area (TPSA) is 43.6 Å². The summed E-state index contributed by atoms with van der Waals surface area (Å²) in [6.07, 6.45) is 6.87. The predicted molar refractivity (Wildman–Crippen MR) is 125 cm³/mol. The Morgan fingerprint density at radius 2 is 1.94 bits per heavy atom. The molecule has 0 radical (unpaired) electrons. The van der Waals surface area contributed by atoms with Gasteiger partial charge in [-0.05, 0) is 63.3 Å². The van der Waals surface area contributed by atoms with Crippen molar-refractivity contribution < 1.29 is 9.53 Å². The zero-order valence-corrected chi connectivity index (χ0v) is 18.0. The molecule has 156 valence electrons. The third kappa shape index (κ3) is 3.42. The second-order valence-electron chi connectivity index (χ2n) is 8.14. The molecule has 0 fully saturated rings. The molecule has 4 nitrogen and oxygen atoms in total. The lowest BCUT2D eigenvalue weighted by Gasteiger charge is -2.17. The number of esters is 1. The number of benzene rings is 2. The Balaban J connectivity index is 1.91. The first-order chi connectivity index (χ1) is 15.2. The lowest BCUT2D eigenvalue weighted by Crippen LogP contribution is -2.07. The van der Waals surface area contributed by atoms with Gasteiger partial charge in [0.1, 0.15) is 5.56 Å². The molecule has 31 heavy (non-hydrogen) atoms. The van der Waals surface area contributed by atoms with Gasteiger partial charge in [-0.2, -0.15) is 0 Å². The largest absolute Gasteiger partial charge is 0.462 e. The van der Waals surface area contributed by atoms with Crippen LogP contribution in [0.2, 0.25) is 0 Å². The normalized spacial score (nSPS) is 14.1. The van der Waals surface area contributed by atoms with Crippen LogP contribution in [0.3, 0.4) is 0 Å². The van der Waals surface area contributed by atoms with Crippen LogP contribution in [0.25, 0.3) is 33.4 Å². The maximum atomic E-state index is 13.1. The van der Waals surface area contributed by atoms with Gasteiger partial charge < -0.3 is 4.74 Å². The zero-order chi connectivity index (χ0) is 21.4. The molecule has 0 saturated carbocycles. The molecule has 2 heterocycles. The second-order valence-corrected chi connectivity index (χ2v) is 8.14. The third-order valence-electron chi connectivity index (χ3n) is 6.01. The molecule has 5 rings (SSSR count). The highest BCUT2D eigenvalue weighted by atomic mass is 16.5. The van der Waals surface area contributed by atoms with E-state index in [4.69, 9.17) is 9.72 Å². The number of allylic oxidation sites excluding steroid dienone is 2. The van der Waals surface area contributed by atoms with Gasteiger partial charge >= 0.3 is 5.97 Å². The van der Waals surface area contributed by atoms with E-state index >= 15 is 0 Å². The van der Waals surface area contributed by atoms with Crippen molar-refractivity contribution >= 4 is 28.1 Å². The van der Waals surface area contributed by atoms with Gasteiger partial charge in [0, 0.05) is 10.9 Å². The van der Waals surface area contributed by atoms with Crippen molar-refractivity contribution in [3.63, 3.8) is 0 Å². The Hall–Kier alpha value is -3.40. The SMILES string of the molecule is CCOC(=O)c1c2cc(C)ccc2n2c(C3=CCCCC3)cc(-c3ccccc3)nc12. The van der Waals surface area contributed by atoms with E-state index in [1.165, 1.54) is 18.4 Å². The predicted octanol–water partition coefficient (Wildman–Crippen LogP) is 6.60. The minimum atomic E-state index is -0.318. The van der Waals surface area contributed by atoms with Crippen LogP contribution in [-0.2, 0) is 4.74 Å². The standard InChI is InChI=1S/C27H26N2O2/c1-3-31-27(30)25-21-16-18(2)14-15-23(21)29-24(20-12-8-5-9-13-20)17-22(28-26(25)29)19-10-6-4-7-11-19/h4,6-7,10-12,14-17H,3,5,8-9,13H2,1-2H3. The Bertz CT molecular complexity index is 1320. The van der Waals surface area contributed by atoms with E-state index in [1.54, 1.807) is 0 Å². The maximum Gasteiger partial charge on any atom is 0.342 e. The minimum Gasteiger partial charge on any atom is -0.462 e. The number of rotatable bonds is 4. The highest BCUT2D eigenvalue weighted by Crippen LogP contribution is 2.35. The molecule has 0 N–H and O–H groups in total. The van der Waals surface area contributed by atoms with Crippen molar-refractivity contribution in [3.05, 3.63) is 77.5 Å². The first kappa shape index (κ1) is 19.6. The van der Waals surface area contributed by atoms with Crippen LogP contribution in [-0.4, -0.2) is 22.0 Å². The highest BCUT2D eigenvalue weighted by Gasteiger charge is 2.24. The van der Waals surface area contributed by atoms with E-state index in [-0.39, 0.29) is 5.97 Å². The summed E-state index contributed by atoms with van der Waals surface area (Å²) in [5.74, 6) is -0.318. The number of carbonyl (C=O) groups excluding carboxylic acids is 1. The van der Waals surface area contributed by atoms with Crippen LogP contribution in [0.4, 0.5) is 0 Å². The summed E-state index contributed by atoms with van der Waals surface area (Å²) in [7, 11) is 0. The van der Waals surface area contributed by atoms with Gasteiger partial charge in [0.2, 0.25) is 0 Å². The van der Waals surface area contributed by atoms with E-state index in [2.05, 4.69) is 46.9 Å². The third-order valence-corrected chi connectivity index (χ3v) is 6.01. The lowest BCUT2D eigenvalue weighted by atomic mass is 9.96. The fourth-order valence-electron chi connectivity index (χ4n) is 4.55. The van der Waals surface area contributed by atoms with E-state index < -0.39 is 0 Å². The van der Waals surface area contributed by atoms with Crippen molar-refractivity contribution in [1.82, 2.24) is 9.38 Å². The Morgan fingerprint density at radius 1 is 1.10 bits per heavy atom. The lowest BCUT2D eigenvalue weighted by molar-refractivity contribution is 0.0530. The number of fused-ring (bicyclic) bond motifs is 3. The van der Waals surface area contributed by atoms with Crippen LogP contribution >= 0.6 is 0 Å². The first-order valence-corrected chi connectivity index (χ1v) is 11.0. The van der Waals surface area contributed by atoms with Crippen LogP contribution in [0.1, 0.15) is 54.2 Å². The van der Waals surface area contributed by atoms with Gasteiger partial charge in [0.15, 0.2) is 5.65 Å². The summed E-state index contributed by atoms with van der Waals surface area (Å²) >= 11 is 0. The summed E-state index contributed by atoms with van der Waals surface area (Å²) in [5.41, 5.74) is 7.68.